The Morgan fingerprint density at radius 3 is 2.64 bits per heavy atom. The smallest absolute Gasteiger partial charge is 0.261 e. The van der Waals surface area contributed by atoms with E-state index in [2.05, 4.69) is 20.5 Å². The molecule has 3 fully saturated rings. The molecule has 1 amide bonds. The minimum atomic E-state index is -0.482. The predicted octanol–water partition coefficient (Wildman–Crippen LogP) is 4.45. The van der Waals surface area contributed by atoms with Crippen LogP contribution in [0.1, 0.15) is 81.3 Å². The molecule has 2 unspecified atom stereocenters. The van der Waals surface area contributed by atoms with Gasteiger partial charge in [0.1, 0.15) is 23.6 Å². The second-order valence-corrected chi connectivity index (χ2v) is 10.2. The van der Waals surface area contributed by atoms with Gasteiger partial charge in [-0.05, 0) is 82.9 Å². The number of amides is 1. The number of nitrogens with one attached hydrogen (secondary N) is 1. The maximum Gasteiger partial charge on any atom is 0.261 e. The van der Waals surface area contributed by atoms with Gasteiger partial charge in [-0.25, -0.2) is 9.37 Å². The number of halogens is 1. The summed E-state index contributed by atoms with van der Waals surface area (Å²) < 4.78 is 20.2. The molecule has 33 heavy (non-hydrogen) atoms. The van der Waals surface area contributed by atoms with Gasteiger partial charge in [0, 0.05) is 30.6 Å². The lowest BCUT2D eigenvalue weighted by molar-refractivity contribution is 0.0350. The Morgan fingerprint density at radius 1 is 1.24 bits per heavy atom. The van der Waals surface area contributed by atoms with Crippen LogP contribution in [0.3, 0.4) is 0 Å². The van der Waals surface area contributed by atoms with Crippen molar-refractivity contribution in [1.82, 2.24) is 25.4 Å². The average Bonchev–Trinajstić information content (AvgIpc) is 3.12. The first-order valence-corrected chi connectivity index (χ1v) is 12.1. The van der Waals surface area contributed by atoms with E-state index in [1.54, 1.807) is 4.90 Å². The molecule has 1 saturated carbocycles. The first-order chi connectivity index (χ1) is 15.9. The summed E-state index contributed by atoms with van der Waals surface area (Å²) in [5.41, 5.74) is 1.35. The fourth-order valence-electron chi connectivity index (χ4n) is 6.25. The molecule has 2 aromatic rings. The molecule has 2 saturated heterocycles. The summed E-state index contributed by atoms with van der Waals surface area (Å²) in [5, 5.41) is 11.9. The van der Waals surface area contributed by atoms with Crippen molar-refractivity contribution in [2.45, 2.75) is 83.3 Å². The summed E-state index contributed by atoms with van der Waals surface area (Å²) >= 11 is 0. The van der Waals surface area contributed by atoms with Gasteiger partial charge in [-0.15, -0.1) is 10.2 Å². The summed E-state index contributed by atoms with van der Waals surface area (Å²) in [6.07, 6.45) is 8.63. The Morgan fingerprint density at radius 2 is 1.97 bits per heavy atom. The molecule has 1 aromatic heterocycles. The topological polar surface area (TPSA) is 80.2 Å². The molecule has 176 valence electrons. The van der Waals surface area contributed by atoms with Crippen LogP contribution in [0.15, 0.2) is 24.5 Å². The van der Waals surface area contributed by atoms with Crippen LogP contribution in [-0.2, 0) is 0 Å². The maximum absolute atomic E-state index is 14.1. The molecule has 7 nitrogen and oxygen atoms in total. The quantitative estimate of drug-likeness (QED) is 0.696. The van der Waals surface area contributed by atoms with Crippen molar-refractivity contribution < 1.29 is 13.9 Å². The van der Waals surface area contributed by atoms with Gasteiger partial charge in [0.15, 0.2) is 0 Å². The SMILES string of the molecule is CCN(C(=O)c1cc(F)ccc1Oc1nncnc1C1CC2(CC3CCC(C2)N3)C1)C(C)C. The number of ether oxygens (including phenoxy) is 1. The number of piperidine rings is 1. The van der Waals surface area contributed by atoms with Crippen LogP contribution in [0.2, 0.25) is 0 Å². The van der Waals surface area contributed by atoms with E-state index >= 15 is 0 Å². The van der Waals surface area contributed by atoms with Gasteiger partial charge in [0.05, 0.1) is 5.56 Å². The van der Waals surface area contributed by atoms with Crippen molar-refractivity contribution in [3.8, 4) is 11.6 Å². The molecule has 8 heteroatoms. The monoisotopic (exact) mass is 453 g/mol. The van der Waals surface area contributed by atoms with E-state index in [9.17, 15) is 9.18 Å². The standard InChI is InChI=1S/C25H32FN5O2/c1-4-31(15(2)3)24(32)20-9-17(26)5-8-21(20)33-23-22(27-14-28-30-23)16-10-25(11-16)12-18-6-7-19(13-25)29-18/h5,8-9,14-16,18-19,29H,4,6-7,10-13H2,1-3H3. The van der Waals surface area contributed by atoms with Crippen molar-refractivity contribution in [2.24, 2.45) is 5.41 Å². The van der Waals surface area contributed by atoms with Crippen LogP contribution in [-0.4, -0.2) is 50.7 Å². The first kappa shape index (κ1) is 22.2. The average molecular weight is 454 g/mol. The van der Waals surface area contributed by atoms with Crippen molar-refractivity contribution in [2.75, 3.05) is 6.54 Å². The minimum Gasteiger partial charge on any atom is -0.435 e. The Balaban J connectivity index is 1.38. The second-order valence-electron chi connectivity index (χ2n) is 10.2. The zero-order valence-corrected chi connectivity index (χ0v) is 19.6. The van der Waals surface area contributed by atoms with Crippen LogP contribution in [0.5, 0.6) is 11.6 Å². The third-order valence-electron chi connectivity index (χ3n) is 7.66. The number of aromatic nitrogens is 3. The normalized spacial score (nSPS) is 28.1. The fourth-order valence-corrected chi connectivity index (χ4v) is 6.25. The third-order valence-corrected chi connectivity index (χ3v) is 7.66. The molecule has 0 radical (unpaired) electrons. The Hall–Kier alpha value is -2.61. The lowest BCUT2D eigenvalue weighted by Crippen LogP contribution is -2.49. The number of hydrogen-bond donors (Lipinski definition) is 1. The molecule has 3 aliphatic rings. The van der Waals surface area contributed by atoms with E-state index in [1.165, 1.54) is 50.2 Å². The predicted molar refractivity (Wildman–Crippen MR) is 122 cm³/mol. The van der Waals surface area contributed by atoms with Gasteiger partial charge in [-0.1, -0.05) is 0 Å². The molecule has 3 heterocycles. The summed E-state index contributed by atoms with van der Waals surface area (Å²) in [6, 6.07) is 5.30. The Kier molecular flexibility index (Phi) is 5.80. The van der Waals surface area contributed by atoms with E-state index in [0.29, 0.717) is 29.9 Å². The minimum absolute atomic E-state index is 0.0150. The van der Waals surface area contributed by atoms with E-state index in [-0.39, 0.29) is 29.2 Å². The van der Waals surface area contributed by atoms with Gasteiger partial charge >= 0.3 is 0 Å². The largest absolute Gasteiger partial charge is 0.435 e. The zero-order chi connectivity index (χ0) is 23.2. The van der Waals surface area contributed by atoms with Gasteiger partial charge in [-0.2, -0.15) is 0 Å². The third kappa shape index (κ3) is 4.21. The van der Waals surface area contributed by atoms with Crippen LogP contribution >= 0.6 is 0 Å². The van der Waals surface area contributed by atoms with E-state index in [1.807, 2.05) is 20.8 Å². The molecular formula is C25H32FN5O2. The molecule has 1 aromatic carbocycles. The number of nitrogens with zero attached hydrogens (tertiary/aromatic N) is 4. The molecule has 2 bridgehead atoms. The summed E-state index contributed by atoms with van der Waals surface area (Å²) in [4.78, 5) is 19.4. The van der Waals surface area contributed by atoms with Crippen molar-refractivity contribution in [1.29, 1.82) is 0 Å². The molecule has 1 aliphatic carbocycles. The highest BCUT2D eigenvalue weighted by Gasteiger charge is 2.52. The summed E-state index contributed by atoms with van der Waals surface area (Å²) in [7, 11) is 0. The molecule has 5 rings (SSSR count). The Bertz CT molecular complexity index is 1030. The molecule has 2 atom stereocenters. The van der Waals surface area contributed by atoms with Gasteiger partial charge in [0.25, 0.3) is 11.8 Å². The number of hydrogen-bond acceptors (Lipinski definition) is 6. The number of fused-ring (bicyclic) bond motifs is 2. The summed E-state index contributed by atoms with van der Waals surface area (Å²) in [5.74, 6) is 0.0913. The highest BCUT2D eigenvalue weighted by Crippen LogP contribution is 2.60. The zero-order valence-electron chi connectivity index (χ0n) is 19.6. The maximum atomic E-state index is 14.1. The number of benzene rings is 1. The molecular weight excluding hydrogens is 421 g/mol. The lowest BCUT2D eigenvalue weighted by Gasteiger charge is -2.52. The van der Waals surface area contributed by atoms with E-state index < -0.39 is 5.82 Å². The van der Waals surface area contributed by atoms with Crippen LogP contribution in [0, 0.1) is 11.2 Å². The van der Waals surface area contributed by atoms with Gasteiger partial charge in [0.2, 0.25) is 0 Å². The summed E-state index contributed by atoms with van der Waals surface area (Å²) in [6.45, 7) is 6.30. The Labute approximate surface area is 194 Å². The van der Waals surface area contributed by atoms with Crippen molar-refractivity contribution in [3.05, 3.63) is 41.6 Å². The van der Waals surface area contributed by atoms with Crippen LogP contribution < -0.4 is 10.1 Å². The van der Waals surface area contributed by atoms with E-state index in [4.69, 9.17) is 4.74 Å². The van der Waals surface area contributed by atoms with Gasteiger partial charge < -0.3 is 15.0 Å². The molecule has 2 aliphatic heterocycles. The number of carbonyl (C=O) groups is 1. The van der Waals surface area contributed by atoms with Gasteiger partial charge in [-0.3, -0.25) is 4.79 Å². The first-order valence-electron chi connectivity index (χ1n) is 12.1. The fraction of sp³-hybridized carbons (Fsp3) is 0.600. The highest BCUT2D eigenvalue weighted by molar-refractivity contribution is 5.97. The number of carbonyl (C=O) groups excluding carboxylic acids is 1. The highest BCUT2D eigenvalue weighted by atomic mass is 19.1. The molecule has 1 N–H and O–H groups in total. The van der Waals surface area contributed by atoms with Crippen molar-refractivity contribution in [3.63, 3.8) is 0 Å². The van der Waals surface area contributed by atoms with Crippen LogP contribution in [0.25, 0.3) is 0 Å². The number of rotatable bonds is 6. The second kappa shape index (κ2) is 8.63. The van der Waals surface area contributed by atoms with Crippen molar-refractivity contribution >= 4 is 5.91 Å². The van der Waals surface area contributed by atoms with E-state index in [0.717, 1.165) is 18.5 Å². The van der Waals surface area contributed by atoms with Crippen LogP contribution in [0.4, 0.5) is 4.39 Å². The lowest BCUT2D eigenvalue weighted by atomic mass is 9.55. The molecule has 1 spiro atoms.